The van der Waals surface area contributed by atoms with Crippen LogP contribution >= 0.6 is 0 Å². The van der Waals surface area contributed by atoms with Gasteiger partial charge in [-0.2, -0.15) is 0 Å². The third-order valence-corrected chi connectivity index (χ3v) is 6.08. The molecule has 1 saturated carbocycles. The summed E-state index contributed by atoms with van der Waals surface area (Å²) < 4.78 is 9.40. The van der Waals surface area contributed by atoms with Gasteiger partial charge in [0, 0.05) is 18.2 Å². The number of nitrogens with zero attached hydrogens (tertiary/aromatic N) is 1. The lowest BCUT2D eigenvalue weighted by Gasteiger charge is -2.48. The third kappa shape index (κ3) is 5.32. The maximum Gasteiger partial charge on any atom is 0.337 e. The van der Waals surface area contributed by atoms with Crippen molar-refractivity contribution in [1.29, 1.82) is 0 Å². The van der Waals surface area contributed by atoms with Crippen LogP contribution in [0.3, 0.4) is 0 Å². The maximum absolute atomic E-state index is 12.9. The van der Waals surface area contributed by atoms with Gasteiger partial charge in [0.1, 0.15) is 6.04 Å². The van der Waals surface area contributed by atoms with E-state index in [0.717, 1.165) is 25.7 Å². The molecular weight excluding hydrogens is 430 g/mol. The van der Waals surface area contributed by atoms with Crippen LogP contribution in [0.2, 0.25) is 0 Å². The van der Waals surface area contributed by atoms with Crippen LogP contribution in [-0.2, 0) is 23.9 Å². The lowest BCUT2D eigenvalue weighted by molar-refractivity contribution is -0.151. The third-order valence-electron chi connectivity index (χ3n) is 6.08. The van der Waals surface area contributed by atoms with Crippen LogP contribution < -0.4 is 10.6 Å². The molecule has 1 aromatic rings. The second-order valence-electron chi connectivity index (χ2n) is 8.17. The summed E-state index contributed by atoms with van der Waals surface area (Å²) in [5.74, 6) is -2.43. The highest BCUT2D eigenvalue weighted by molar-refractivity contribution is 6.01. The number of methoxy groups -OCH3 is 2. The zero-order chi connectivity index (χ0) is 24.1. The van der Waals surface area contributed by atoms with Gasteiger partial charge in [0.2, 0.25) is 17.7 Å². The number of piperazine rings is 1. The molecule has 0 unspecified atom stereocenters. The van der Waals surface area contributed by atoms with Gasteiger partial charge in [-0.1, -0.05) is 19.8 Å². The van der Waals surface area contributed by atoms with Gasteiger partial charge in [0.15, 0.2) is 0 Å². The Morgan fingerprint density at radius 2 is 1.64 bits per heavy atom. The summed E-state index contributed by atoms with van der Waals surface area (Å²) in [6.07, 6.45) is 3.51. The number of esters is 2. The first-order chi connectivity index (χ1) is 15.8. The van der Waals surface area contributed by atoms with E-state index in [1.54, 1.807) is 11.8 Å². The van der Waals surface area contributed by atoms with E-state index >= 15 is 0 Å². The zero-order valence-electron chi connectivity index (χ0n) is 19.0. The van der Waals surface area contributed by atoms with Crippen LogP contribution in [0.4, 0.5) is 5.69 Å². The Bertz CT molecular complexity index is 927. The predicted molar refractivity (Wildman–Crippen MR) is 117 cm³/mol. The molecule has 0 radical (unpaired) electrons. The fourth-order valence-corrected chi connectivity index (χ4v) is 4.54. The number of anilines is 1. The van der Waals surface area contributed by atoms with E-state index in [4.69, 9.17) is 9.47 Å². The van der Waals surface area contributed by atoms with E-state index in [2.05, 4.69) is 10.6 Å². The standard InChI is InChI=1S/C23H29N3O7/c1-4-20(28)26-17-8-6-5-7-16(17)25-21(29)18(26)12-19(27)24-15-10-13(22(30)32-2)9-14(11-15)23(31)33-3/h9-11,16-18H,4-8,12H2,1-3H3,(H,24,27)(H,25,29)/t16-,17-,18-/m1/s1. The summed E-state index contributed by atoms with van der Waals surface area (Å²) in [7, 11) is 2.40. The van der Waals surface area contributed by atoms with Crippen LogP contribution in [0, 0.1) is 0 Å². The maximum atomic E-state index is 12.9. The highest BCUT2D eigenvalue weighted by Gasteiger charge is 2.45. The molecule has 3 amide bonds. The molecule has 3 atom stereocenters. The quantitative estimate of drug-likeness (QED) is 0.618. The van der Waals surface area contributed by atoms with E-state index in [0.29, 0.717) is 0 Å². The number of benzene rings is 1. The van der Waals surface area contributed by atoms with E-state index in [1.165, 1.54) is 32.4 Å². The Morgan fingerprint density at radius 1 is 1.03 bits per heavy atom. The van der Waals surface area contributed by atoms with Gasteiger partial charge in [-0.15, -0.1) is 0 Å². The highest BCUT2D eigenvalue weighted by atomic mass is 16.5. The molecule has 2 fully saturated rings. The van der Waals surface area contributed by atoms with E-state index in [-0.39, 0.29) is 53.6 Å². The summed E-state index contributed by atoms with van der Waals surface area (Å²) in [5, 5.41) is 5.60. The molecule has 1 saturated heterocycles. The first kappa shape index (κ1) is 24.2. The van der Waals surface area contributed by atoms with Crippen molar-refractivity contribution in [3.63, 3.8) is 0 Å². The number of amides is 3. The molecule has 178 valence electrons. The van der Waals surface area contributed by atoms with Crippen LogP contribution in [-0.4, -0.2) is 66.9 Å². The average molecular weight is 459 g/mol. The zero-order valence-corrected chi connectivity index (χ0v) is 19.0. The van der Waals surface area contributed by atoms with Crippen LogP contribution in [0.15, 0.2) is 18.2 Å². The molecule has 1 aliphatic heterocycles. The average Bonchev–Trinajstić information content (AvgIpc) is 2.82. The lowest BCUT2D eigenvalue weighted by Crippen LogP contribution is -2.67. The van der Waals surface area contributed by atoms with Crippen molar-refractivity contribution < 1.29 is 33.4 Å². The van der Waals surface area contributed by atoms with Gasteiger partial charge in [-0.25, -0.2) is 9.59 Å². The number of carbonyl (C=O) groups is 5. The smallest absolute Gasteiger partial charge is 0.337 e. The second kappa shape index (κ2) is 10.5. The number of hydrogen-bond acceptors (Lipinski definition) is 7. The largest absolute Gasteiger partial charge is 0.465 e. The van der Waals surface area contributed by atoms with Crippen molar-refractivity contribution in [2.45, 2.75) is 63.6 Å². The Balaban J connectivity index is 1.82. The normalized spacial score (nSPS) is 22.0. The summed E-state index contributed by atoms with van der Waals surface area (Å²) in [6.45, 7) is 1.73. The van der Waals surface area contributed by atoms with Crippen LogP contribution in [0.1, 0.15) is 66.2 Å². The first-order valence-corrected chi connectivity index (χ1v) is 11.0. The van der Waals surface area contributed by atoms with Gasteiger partial charge in [-0.05, 0) is 31.0 Å². The van der Waals surface area contributed by atoms with Crippen molar-refractivity contribution in [3.05, 3.63) is 29.3 Å². The number of fused-ring (bicyclic) bond motifs is 1. The SMILES string of the molecule is CCC(=O)N1[C@H](CC(=O)Nc2cc(C(=O)OC)cc(C(=O)OC)c2)C(=O)N[C@@H]2CCCC[C@H]21. The Kier molecular flexibility index (Phi) is 7.67. The Morgan fingerprint density at radius 3 is 2.21 bits per heavy atom. The van der Waals surface area contributed by atoms with Crippen LogP contribution in [0.25, 0.3) is 0 Å². The summed E-state index contributed by atoms with van der Waals surface area (Å²) >= 11 is 0. The van der Waals surface area contributed by atoms with Crippen molar-refractivity contribution >= 4 is 35.3 Å². The molecule has 1 aromatic carbocycles. The molecule has 3 rings (SSSR count). The molecule has 0 bridgehead atoms. The van der Waals surface area contributed by atoms with Crippen LogP contribution in [0.5, 0.6) is 0 Å². The molecule has 33 heavy (non-hydrogen) atoms. The van der Waals surface area contributed by atoms with E-state index in [1.807, 2.05) is 0 Å². The topological polar surface area (TPSA) is 131 Å². The minimum atomic E-state index is -0.930. The van der Waals surface area contributed by atoms with Crippen molar-refractivity contribution in [2.24, 2.45) is 0 Å². The number of carbonyl (C=O) groups excluding carboxylic acids is 5. The van der Waals surface area contributed by atoms with Gasteiger partial charge in [0.25, 0.3) is 0 Å². The summed E-state index contributed by atoms with van der Waals surface area (Å²) in [4.78, 5) is 64.0. The Hall–Kier alpha value is -3.43. The van der Waals surface area contributed by atoms with E-state index < -0.39 is 23.9 Å². The highest BCUT2D eigenvalue weighted by Crippen LogP contribution is 2.30. The molecule has 2 N–H and O–H groups in total. The molecule has 0 spiro atoms. The molecule has 0 aromatic heterocycles. The molecule has 10 heteroatoms. The lowest BCUT2D eigenvalue weighted by atomic mass is 9.85. The van der Waals surface area contributed by atoms with Gasteiger partial charge in [0.05, 0.1) is 37.8 Å². The van der Waals surface area contributed by atoms with Crippen molar-refractivity contribution in [3.8, 4) is 0 Å². The molecule has 1 aliphatic carbocycles. The fraction of sp³-hybridized carbons (Fsp3) is 0.522. The fourth-order valence-electron chi connectivity index (χ4n) is 4.54. The van der Waals surface area contributed by atoms with E-state index in [9.17, 15) is 24.0 Å². The number of nitrogens with one attached hydrogen (secondary N) is 2. The summed E-state index contributed by atoms with van der Waals surface area (Å²) in [5.41, 5.74) is 0.279. The molecule has 10 nitrogen and oxygen atoms in total. The van der Waals surface area contributed by atoms with Gasteiger partial charge < -0.3 is 25.0 Å². The number of ether oxygens (including phenoxy) is 2. The number of hydrogen-bond donors (Lipinski definition) is 2. The Labute approximate surface area is 192 Å². The predicted octanol–water partition coefficient (Wildman–Crippen LogP) is 1.64. The minimum Gasteiger partial charge on any atom is -0.465 e. The number of rotatable bonds is 6. The summed E-state index contributed by atoms with van der Waals surface area (Å²) in [6, 6.07) is 2.87. The van der Waals surface area contributed by atoms with Gasteiger partial charge >= 0.3 is 11.9 Å². The second-order valence-corrected chi connectivity index (χ2v) is 8.17. The van der Waals surface area contributed by atoms with Crippen molar-refractivity contribution in [2.75, 3.05) is 19.5 Å². The molecule has 2 aliphatic rings. The monoisotopic (exact) mass is 459 g/mol. The molecular formula is C23H29N3O7. The molecule has 1 heterocycles. The van der Waals surface area contributed by atoms with Crippen molar-refractivity contribution in [1.82, 2.24) is 10.2 Å². The first-order valence-electron chi connectivity index (χ1n) is 11.0. The van der Waals surface area contributed by atoms with Gasteiger partial charge in [-0.3, -0.25) is 14.4 Å². The minimum absolute atomic E-state index is 0.0546.